The number of hydrogen-bond acceptors (Lipinski definition) is 5. The molecule has 3 N–H and O–H groups in total. The third-order valence-electron chi connectivity index (χ3n) is 4.80. The molecule has 2 amide bonds. The van der Waals surface area contributed by atoms with E-state index in [1.807, 2.05) is 25.1 Å². The van der Waals surface area contributed by atoms with Gasteiger partial charge in [0.25, 0.3) is 0 Å². The van der Waals surface area contributed by atoms with Crippen LogP contribution in [0.15, 0.2) is 18.2 Å². The summed E-state index contributed by atoms with van der Waals surface area (Å²) in [6.45, 7) is 4.82. The normalized spacial score (nSPS) is 19.2. The average Bonchev–Trinajstić information content (AvgIpc) is 2.61. The Morgan fingerprint density at radius 1 is 1.24 bits per heavy atom. The van der Waals surface area contributed by atoms with Crippen LogP contribution in [0, 0.1) is 5.92 Å². The number of piperidine rings is 1. The molecule has 3 rings (SSSR count). The minimum atomic E-state index is -0.240. The molecule has 1 saturated heterocycles. The van der Waals surface area contributed by atoms with Gasteiger partial charge in [0.2, 0.25) is 11.8 Å². The second-order valence-corrected chi connectivity index (χ2v) is 6.65. The zero-order valence-corrected chi connectivity index (χ0v) is 14.5. The van der Waals surface area contributed by atoms with Gasteiger partial charge in [0.1, 0.15) is 13.2 Å². The number of likely N-dealkylation sites (tertiary alicyclic amines) is 1. The highest BCUT2D eigenvalue weighted by molar-refractivity contribution is 5.79. The van der Waals surface area contributed by atoms with Crippen molar-refractivity contribution in [1.82, 2.24) is 10.2 Å². The van der Waals surface area contributed by atoms with E-state index < -0.39 is 0 Å². The summed E-state index contributed by atoms with van der Waals surface area (Å²) in [5, 5.41) is 3.02. The molecule has 0 saturated carbocycles. The molecule has 1 unspecified atom stereocenters. The zero-order chi connectivity index (χ0) is 17.8. The Bertz CT molecular complexity index is 641. The van der Waals surface area contributed by atoms with Crippen molar-refractivity contribution in [1.29, 1.82) is 0 Å². The predicted molar refractivity (Wildman–Crippen MR) is 92.3 cm³/mol. The first-order valence-electron chi connectivity index (χ1n) is 8.73. The van der Waals surface area contributed by atoms with Crippen molar-refractivity contribution in [3.05, 3.63) is 23.8 Å². The van der Waals surface area contributed by atoms with E-state index in [0.29, 0.717) is 19.8 Å². The van der Waals surface area contributed by atoms with Crippen molar-refractivity contribution in [2.75, 3.05) is 32.8 Å². The van der Waals surface area contributed by atoms with Gasteiger partial charge in [0.05, 0.1) is 12.6 Å². The first-order chi connectivity index (χ1) is 12.0. The summed E-state index contributed by atoms with van der Waals surface area (Å²) in [7, 11) is 0. The summed E-state index contributed by atoms with van der Waals surface area (Å²) in [5.74, 6) is 1.14. The summed E-state index contributed by atoms with van der Waals surface area (Å²) in [6.07, 6.45) is 1.45. The Labute approximate surface area is 147 Å². The Morgan fingerprint density at radius 2 is 1.92 bits per heavy atom. The molecule has 7 nitrogen and oxygen atoms in total. The average molecular weight is 347 g/mol. The minimum absolute atomic E-state index is 0.0279. The van der Waals surface area contributed by atoms with Crippen molar-refractivity contribution in [2.24, 2.45) is 11.7 Å². The smallest absolute Gasteiger partial charge is 0.234 e. The van der Waals surface area contributed by atoms with Gasteiger partial charge < -0.3 is 20.5 Å². The minimum Gasteiger partial charge on any atom is -0.486 e. The van der Waals surface area contributed by atoms with E-state index in [-0.39, 0.29) is 23.8 Å². The number of carbonyl (C=O) groups excluding carboxylic acids is 2. The summed E-state index contributed by atoms with van der Waals surface area (Å²) in [4.78, 5) is 25.6. The van der Waals surface area contributed by atoms with Crippen LogP contribution in [0.2, 0.25) is 0 Å². The van der Waals surface area contributed by atoms with Crippen LogP contribution in [0.4, 0.5) is 0 Å². The lowest BCUT2D eigenvalue weighted by Gasteiger charge is -2.30. The number of nitrogens with one attached hydrogen (secondary N) is 1. The van der Waals surface area contributed by atoms with Crippen LogP contribution in [0.5, 0.6) is 11.5 Å². The number of fused-ring (bicyclic) bond motifs is 1. The maximum atomic E-state index is 12.3. The number of rotatable bonds is 5. The van der Waals surface area contributed by atoms with Gasteiger partial charge in [0, 0.05) is 5.92 Å². The molecule has 136 valence electrons. The number of amides is 2. The lowest BCUT2D eigenvalue weighted by Crippen LogP contribution is -2.44. The summed E-state index contributed by atoms with van der Waals surface area (Å²) in [5.41, 5.74) is 6.31. The lowest BCUT2D eigenvalue weighted by atomic mass is 9.96. The first kappa shape index (κ1) is 17.5. The van der Waals surface area contributed by atoms with E-state index in [1.165, 1.54) is 0 Å². The standard InChI is InChI=1S/C18H25N3O4/c1-12(14-2-3-15-16(10-14)25-9-8-24-15)20-17(22)11-21-6-4-13(5-7-21)18(19)23/h2-3,10,12-13H,4-9,11H2,1H3,(H2,19,23)(H,20,22). The fraction of sp³-hybridized carbons (Fsp3) is 0.556. The molecule has 0 aromatic heterocycles. The SMILES string of the molecule is CC(NC(=O)CN1CCC(C(N)=O)CC1)c1ccc2c(c1)OCCO2. The third-order valence-corrected chi connectivity index (χ3v) is 4.80. The number of nitrogens with two attached hydrogens (primary N) is 1. The summed E-state index contributed by atoms with van der Waals surface area (Å²) >= 11 is 0. The molecular weight excluding hydrogens is 322 g/mol. The van der Waals surface area contributed by atoms with Gasteiger partial charge in [0.15, 0.2) is 11.5 Å². The van der Waals surface area contributed by atoms with Gasteiger partial charge >= 0.3 is 0 Å². The van der Waals surface area contributed by atoms with E-state index in [9.17, 15) is 9.59 Å². The molecule has 25 heavy (non-hydrogen) atoms. The number of primary amides is 1. The maximum absolute atomic E-state index is 12.3. The largest absolute Gasteiger partial charge is 0.486 e. The fourth-order valence-electron chi connectivity index (χ4n) is 3.28. The van der Waals surface area contributed by atoms with Crippen molar-refractivity contribution in [3.63, 3.8) is 0 Å². The van der Waals surface area contributed by atoms with Crippen LogP contribution >= 0.6 is 0 Å². The van der Waals surface area contributed by atoms with Crippen molar-refractivity contribution in [2.45, 2.75) is 25.8 Å². The topological polar surface area (TPSA) is 93.9 Å². The molecule has 0 radical (unpaired) electrons. The van der Waals surface area contributed by atoms with Crippen molar-refractivity contribution < 1.29 is 19.1 Å². The highest BCUT2D eigenvalue weighted by Crippen LogP contribution is 2.32. The Kier molecular flexibility index (Phi) is 5.43. The number of carbonyl (C=O) groups is 2. The van der Waals surface area contributed by atoms with Crippen LogP contribution < -0.4 is 20.5 Å². The van der Waals surface area contributed by atoms with Gasteiger partial charge in [-0.2, -0.15) is 0 Å². The van der Waals surface area contributed by atoms with Gasteiger partial charge in [-0.25, -0.2) is 0 Å². The Hall–Kier alpha value is -2.28. The van der Waals surface area contributed by atoms with Gasteiger partial charge in [-0.05, 0) is 50.6 Å². The molecule has 1 aromatic rings. The highest BCUT2D eigenvalue weighted by atomic mass is 16.6. The van der Waals surface area contributed by atoms with Gasteiger partial charge in [-0.1, -0.05) is 6.07 Å². The fourth-order valence-corrected chi connectivity index (χ4v) is 3.28. The van der Waals surface area contributed by atoms with Crippen molar-refractivity contribution in [3.8, 4) is 11.5 Å². The van der Waals surface area contributed by atoms with E-state index in [1.54, 1.807) is 0 Å². The molecule has 2 aliphatic heterocycles. The molecule has 0 aliphatic carbocycles. The van der Waals surface area contributed by atoms with E-state index >= 15 is 0 Å². The van der Waals surface area contributed by atoms with Crippen LogP contribution in [-0.4, -0.2) is 49.6 Å². The van der Waals surface area contributed by atoms with Gasteiger partial charge in [-0.3, -0.25) is 14.5 Å². The highest BCUT2D eigenvalue weighted by Gasteiger charge is 2.24. The van der Waals surface area contributed by atoms with Crippen molar-refractivity contribution >= 4 is 11.8 Å². The summed E-state index contributed by atoms with van der Waals surface area (Å²) in [6, 6.07) is 5.61. The lowest BCUT2D eigenvalue weighted by molar-refractivity contribution is -0.124. The molecule has 0 spiro atoms. The third kappa shape index (κ3) is 4.42. The van der Waals surface area contributed by atoms with Crippen LogP contribution in [0.1, 0.15) is 31.4 Å². The number of benzene rings is 1. The maximum Gasteiger partial charge on any atom is 0.234 e. The quantitative estimate of drug-likeness (QED) is 0.823. The second-order valence-electron chi connectivity index (χ2n) is 6.65. The van der Waals surface area contributed by atoms with E-state index in [0.717, 1.165) is 43.0 Å². The monoisotopic (exact) mass is 347 g/mol. The van der Waals surface area contributed by atoms with Crippen LogP contribution in [0.25, 0.3) is 0 Å². The molecule has 7 heteroatoms. The molecule has 2 aliphatic rings. The molecule has 1 fully saturated rings. The second kappa shape index (κ2) is 7.74. The first-order valence-corrected chi connectivity index (χ1v) is 8.73. The molecular formula is C18H25N3O4. The Balaban J connectivity index is 1.50. The van der Waals surface area contributed by atoms with Gasteiger partial charge in [-0.15, -0.1) is 0 Å². The molecule has 2 heterocycles. The van der Waals surface area contributed by atoms with E-state index in [4.69, 9.17) is 15.2 Å². The predicted octanol–water partition coefficient (Wildman–Crippen LogP) is 0.832. The molecule has 1 aromatic carbocycles. The Morgan fingerprint density at radius 3 is 2.60 bits per heavy atom. The number of ether oxygens (including phenoxy) is 2. The van der Waals surface area contributed by atoms with Crippen LogP contribution in [0.3, 0.4) is 0 Å². The summed E-state index contributed by atoms with van der Waals surface area (Å²) < 4.78 is 11.1. The zero-order valence-electron chi connectivity index (χ0n) is 14.5. The van der Waals surface area contributed by atoms with Crippen LogP contribution in [-0.2, 0) is 9.59 Å². The number of nitrogens with zero attached hydrogens (tertiary/aromatic N) is 1. The molecule has 1 atom stereocenters. The molecule has 0 bridgehead atoms. The van der Waals surface area contributed by atoms with E-state index in [2.05, 4.69) is 10.2 Å². The number of hydrogen-bond donors (Lipinski definition) is 2.